The van der Waals surface area contributed by atoms with Gasteiger partial charge in [0.05, 0.1) is 0 Å². The molecule has 1 N–H and O–H groups in total. The monoisotopic (exact) mass is 219 g/mol. The van der Waals surface area contributed by atoms with Crippen molar-refractivity contribution in [3.63, 3.8) is 0 Å². The quantitative estimate of drug-likeness (QED) is 0.454. The number of benzene rings is 1. The largest absolute Gasteiger partial charge is 0.460 e. The molecule has 86 valence electrons. The van der Waals surface area contributed by atoms with Crippen molar-refractivity contribution in [3.8, 4) is 0 Å². The molecule has 0 amide bonds. The minimum absolute atomic E-state index is 0.308. The lowest BCUT2D eigenvalue weighted by Gasteiger charge is -2.07. The highest BCUT2D eigenvalue weighted by Gasteiger charge is 2.04. The predicted molar refractivity (Wildman–Crippen MR) is 65.3 cm³/mol. The Kier molecular flexibility index (Phi) is 5.12. The molecule has 0 bridgehead atoms. The van der Waals surface area contributed by atoms with Crippen LogP contribution in [0.2, 0.25) is 0 Å². The Balaban J connectivity index is 2.17. The van der Waals surface area contributed by atoms with Crippen molar-refractivity contribution in [2.24, 2.45) is 0 Å². The first-order chi connectivity index (χ1) is 7.74. The molecule has 1 aromatic carbocycles. The zero-order chi connectivity index (χ0) is 11.8. The van der Waals surface area contributed by atoms with E-state index in [1.807, 2.05) is 37.3 Å². The van der Waals surface area contributed by atoms with E-state index in [-0.39, 0.29) is 5.97 Å². The van der Waals surface area contributed by atoms with Gasteiger partial charge in [-0.25, -0.2) is 4.79 Å². The fourth-order valence-corrected chi connectivity index (χ4v) is 1.14. The Labute approximate surface area is 96.1 Å². The summed E-state index contributed by atoms with van der Waals surface area (Å²) in [6.45, 7) is 6.45. The standard InChI is InChI=1S/C13H17NO2/c1-3-11(2)13(15)16-10-9-14-12-7-5-4-6-8-12/h4-8,14H,2-3,9-10H2,1H3. The van der Waals surface area contributed by atoms with Crippen molar-refractivity contribution in [1.82, 2.24) is 0 Å². The predicted octanol–water partition coefficient (Wildman–Crippen LogP) is 2.61. The van der Waals surface area contributed by atoms with Crippen molar-refractivity contribution < 1.29 is 9.53 Å². The summed E-state index contributed by atoms with van der Waals surface area (Å²) in [6.07, 6.45) is 0.630. The van der Waals surface area contributed by atoms with Gasteiger partial charge in [0, 0.05) is 17.8 Å². The SMILES string of the molecule is C=C(CC)C(=O)OCCNc1ccccc1. The molecule has 0 atom stereocenters. The number of carbonyl (C=O) groups excluding carboxylic acids is 1. The van der Waals surface area contributed by atoms with Gasteiger partial charge < -0.3 is 10.1 Å². The number of rotatable bonds is 6. The number of esters is 1. The molecule has 3 nitrogen and oxygen atoms in total. The molecule has 1 aromatic rings. The topological polar surface area (TPSA) is 38.3 Å². The first-order valence-electron chi connectivity index (χ1n) is 5.38. The molecule has 3 heteroatoms. The maximum Gasteiger partial charge on any atom is 0.333 e. The normalized spacial score (nSPS) is 9.56. The summed E-state index contributed by atoms with van der Waals surface area (Å²) < 4.78 is 5.02. The molecule has 16 heavy (non-hydrogen) atoms. The first kappa shape index (κ1) is 12.3. The van der Waals surface area contributed by atoms with Gasteiger partial charge in [0.15, 0.2) is 0 Å². The molecule has 0 heterocycles. The van der Waals surface area contributed by atoms with Crippen LogP contribution in [0.3, 0.4) is 0 Å². The Morgan fingerprint density at radius 1 is 1.38 bits per heavy atom. The summed E-state index contributed by atoms with van der Waals surface area (Å²) in [5, 5.41) is 3.15. The minimum atomic E-state index is -0.308. The highest BCUT2D eigenvalue weighted by Crippen LogP contribution is 2.04. The Bertz CT molecular complexity index is 346. The van der Waals surface area contributed by atoms with E-state index in [9.17, 15) is 4.79 Å². The van der Waals surface area contributed by atoms with Crippen LogP contribution in [-0.4, -0.2) is 19.1 Å². The highest BCUT2D eigenvalue weighted by molar-refractivity contribution is 5.87. The third-order valence-electron chi connectivity index (χ3n) is 2.15. The summed E-state index contributed by atoms with van der Waals surface area (Å²) in [5.41, 5.74) is 1.53. The lowest BCUT2D eigenvalue weighted by atomic mass is 10.2. The Hall–Kier alpha value is -1.77. The molecule has 0 aliphatic carbocycles. The van der Waals surface area contributed by atoms with Gasteiger partial charge in [-0.1, -0.05) is 31.7 Å². The molecule has 0 radical (unpaired) electrons. The summed E-state index contributed by atoms with van der Waals surface area (Å²) in [4.78, 5) is 11.2. The van der Waals surface area contributed by atoms with Crippen molar-refractivity contribution in [3.05, 3.63) is 42.5 Å². The van der Waals surface area contributed by atoms with Gasteiger partial charge in [-0.05, 0) is 18.6 Å². The lowest BCUT2D eigenvalue weighted by Crippen LogP contribution is -2.14. The minimum Gasteiger partial charge on any atom is -0.460 e. The van der Waals surface area contributed by atoms with E-state index < -0.39 is 0 Å². The van der Waals surface area contributed by atoms with Gasteiger partial charge in [-0.2, -0.15) is 0 Å². The summed E-state index contributed by atoms with van der Waals surface area (Å²) in [7, 11) is 0. The van der Waals surface area contributed by atoms with Gasteiger partial charge in [-0.15, -0.1) is 0 Å². The van der Waals surface area contributed by atoms with Crippen LogP contribution in [0.25, 0.3) is 0 Å². The van der Waals surface area contributed by atoms with Crippen molar-refractivity contribution in [2.75, 3.05) is 18.5 Å². The van der Waals surface area contributed by atoms with E-state index >= 15 is 0 Å². The van der Waals surface area contributed by atoms with Gasteiger partial charge >= 0.3 is 5.97 Å². The number of hydrogen-bond donors (Lipinski definition) is 1. The van der Waals surface area contributed by atoms with Gasteiger partial charge in [0.1, 0.15) is 6.61 Å². The Morgan fingerprint density at radius 2 is 2.06 bits per heavy atom. The van der Waals surface area contributed by atoms with Gasteiger partial charge in [0.25, 0.3) is 0 Å². The van der Waals surface area contributed by atoms with Crippen molar-refractivity contribution in [1.29, 1.82) is 0 Å². The molecule has 0 fully saturated rings. The molecular weight excluding hydrogens is 202 g/mol. The van der Waals surface area contributed by atoms with E-state index in [0.29, 0.717) is 25.1 Å². The molecule has 0 spiro atoms. The number of carbonyl (C=O) groups is 1. The number of anilines is 1. The fraction of sp³-hybridized carbons (Fsp3) is 0.308. The number of hydrogen-bond acceptors (Lipinski definition) is 3. The second kappa shape index (κ2) is 6.67. The maximum atomic E-state index is 11.2. The average molecular weight is 219 g/mol. The van der Waals surface area contributed by atoms with Crippen LogP contribution >= 0.6 is 0 Å². The maximum absolute atomic E-state index is 11.2. The number of nitrogens with one attached hydrogen (secondary N) is 1. The lowest BCUT2D eigenvalue weighted by molar-refractivity contribution is -0.138. The third kappa shape index (κ3) is 4.17. The highest BCUT2D eigenvalue weighted by atomic mass is 16.5. The first-order valence-corrected chi connectivity index (χ1v) is 5.38. The molecule has 0 aromatic heterocycles. The van der Waals surface area contributed by atoms with Crippen molar-refractivity contribution >= 4 is 11.7 Å². The zero-order valence-corrected chi connectivity index (χ0v) is 9.53. The van der Waals surface area contributed by atoms with Crippen LogP contribution in [0.5, 0.6) is 0 Å². The van der Waals surface area contributed by atoms with Crippen LogP contribution in [0.15, 0.2) is 42.5 Å². The molecule has 1 rings (SSSR count). The van der Waals surface area contributed by atoms with E-state index in [2.05, 4.69) is 11.9 Å². The molecule has 0 saturated carbocycles. The summed E-state index contributed by atoms with van der Waals surface area (Å²) in [5.74, 6) is -0.308. The van der Waals surface area contributed by atoms with Crippen LogP contribution < -0.4 is 5.32 Å². The van der Waals surface area contributed by atoms with Gasteiger partial charge in [0.2, 0.25) is 0 Å². The fourth-order valence-electron chi connectivity index (χ4n) is 1.14. The van der Waals surface area contributed by atoms with E-state index in [1.165, 1.54) is 0 Å². The summed E-state index contributed by atoms with van der Waals surface area (Å²) in [6, 6.07) is 9.79. The number of para-hydroxylation sites is 1. The van der Waals surface area contributed by atoms with E-state index in [4.69, 9.17) is 4.74 Å². The number of ether oxygens (including phenoxy) is 1. The zero-order valence-electron chi connectivity index (χ0n) is 9.53. The molecule has 0 unspecified atom stereocenters. The van der Waals surface area contributed by atoms with Crippen LogP contribution in [0.4, 0.5) is 5.69 Å². The van der Waals surface area contributed by atoms with Crippen LogP contribution in [-0.2, 0) is 9.53 Å². The Morgan fingerprint density at radius 3 is 2.69 bits per heavy atom. The van der Waals surface area contributed by atoms with Crippen LogP contribution in [0.1, 0.15) is 13.3 Å². The van der Waals surface area contributed by atoms with E-state index in [1.54, 1.807) is 0 Å². The van der Waals surface area contributed by atoms with Gasteiger partial charge in [-0.3, -0.25) is 0 Å². The molecular formula is C13H17NO2. The smallest absolute Gasteiger partial charge is 0.333 e. The third-order valence-corrected chi connectivity index (χ3v) is 2.15. The molecule has 0 saturated heterocycles. The summed E-state index contributed by atoms with van der Waals surface area (Å²) >= 11 is 0. The van der Waals surface area contributed by atoms with Crippen LogP contribution in [0, 0.1) is 0 Å². The molecule has 0 aliphatic rings. The second-order valence-corrected chi connectivity index (χ2v) is 3.39. The average Bonchev–Trinajstić information content (AvgIpc) is 2.34. The second-order valence-electron chi connectivity index (χ2n) is 3.39. The molecule has 0 aliphatic heterocycles. The van der Waals surface area contributed by atoms with Crippen molar-refractivity contribution in [2.45, 2.75) is 13.3 Å². The van der Waals surface area contributed by atoms with E-state index in [0.717, 1.165) is 5.69 Å².